The number of amides is 1. The molecule has 1 saturated carbocycles. The molecule has 2 aliphatic rings. The van der Waals surface area contributed by atoms with E-state index >= 15 is 0 Å². The van der Waals surface area contributed by atoms with Crippen molar-refractivity contribution in [1.29, 1.82) is 0 Å². The number of hydrogen-bond acceptors (Lipinski definition) is 3. The van der Waals surface area contributed by atoms with Crippen molar-refractivity contribution >= 4 is 35.8 Å². The van der Waals surface area contributed by atoms with Crippen molar-refractivity contribution in [2.45, 2.75) is 58.2 Å². The molecule has 1 aromatic carbocycles. The third-order valence-corrected chi connectivity index (χ3v) is 5.80. The van der Waals surface area contributed by atoms with Crippen molar-refractivity contribution in [2.24, 2.45) is 10.9 Å². The second-order valence-corrected chi connectivity index (χ2v) is 8.65. The van der Waals surface area contributed by atoms with Gasteiger partial charge in [-0.3, -0.25) is 4.79 Å². The lowest BCUT2D eigenvalue weighted by Gasteiger charge is -2.21. The smallest absolute Gasteiger partial charge is 0.225 e. The van der Waals surface area contributed by atoms with Crippen LogP contribution in [0.3, 0.4) is 0 Å². The first-order valence-corrected chi connectivity index (χ1v) is 11.1. The Morgan fingerprint density at radius 2 is 1.93 bits per heavy atom. The highest BCUT2D eigenvalue weighted by molar-refractivity contribution is 14.0. The summed E-state index contributed by atoms with van der Waals surface area (Å²) < 4.78 is 0. The molecule has 1 aliphatic carbocycles. The molecule has 2 N–H and O–H groups in total. The zero-order valence-corrected chi connectivity index (χ0v) is 21.0. The van der Waals surface area contributed by atoms with E-state index in [2.05, 4.69) is 65.7 Å². The van der Waals surface area contributed by atoms with Crippen molar-refractivity contribution in [1.82, 2.24) is 20.4 Å². The molecule has 1 saturated heterocycles. The number of benzene rings is 1. The molecule has 0 radical (unpaired) electrons. The minimum absolute atomic E-state index is 0. The lowest BCUT2D eigenvalue weighted by molar-refractivity contribution is -0.134. The number of guanidine groups is 1. The number of carbonyl (C=O) groups is 1. The van der Waals surface area contributed by atoms with Gasteiger partial charge in [0.15, 0.2) is 5.96 Å². The maximum atomic E-state index is 12.7. The van der Waals surface area contributed by atoms with Gasteiger partial charge < -0.3 is 20.4 Å². The van der Waals surface area contributed by atoms with Crippen LogP contribution >= 0.6 is 24.0 Å². The van der Waals surface area contributed by atoms with Crippen LogP contribution in [0.1, 0.15) is 50.2 Å². The van der Waals surface area contributed by atoms with E-state index in [1.165, 1.54) is 24.0 Å². The fraction of sp³-hybridized carbons (Fsp3) is 0.652. The van der Waals surface area contributed by atoms with Gasteiger partial charge in [-0.05, 0) is 51.4 Å². The van der Waals surface area contributed by atoms with Gasteiger partial charge >= 0.3 is 0 Å². The van der Waals surface area contributed by atoms with E-state index in [0.717, 1.165) is 51.4 Å². The lowest BCUT2D eigenvalue weighted by Crippen LogP contribution is -2.45. The Morgan fingerprint density at radius 1 is 1.20 bits per heavy atom. The summed E-state index contributed by atoms with van der Waals surface area (Å²) in [4.78, 5) is 21.7. The Hall–Kier alpha value is -1.35. The summed E-state index contributed by atoms with van der Waals surface area (Å²) in [6.07, 6.45) is 5.55. The number of halogens is 1. The maximum Gasteiger partial charge on any atom is 0.225 e. The van der Waals surface area contributed by atoms with E-state index in [1.54, 1.807) is 0 Å². The SMILES string of the molecule is CCNC(=NCc1cccc(CN(C)C)c1)NC1CCN(C(=O)C2CCCC2)C1.I. The predicted molar refractivity (Wildman–Crippen MR) is 134 cm³/mol. The highest BCUT2D eigenvalue weighted by atomic mass is 127. The molecule has 0 bridgehead atoms. The first-order valence-electron chi connectivity index (χ1n) is 11.1. The third kappa shape index (κ3) is 7.41. The van der Waals surface area contributed by atoms with Gasteiger partial charge in [-0.1, -0.05) is 37.1 Å². The molecule has 1 aliphatic heterocycles. The number of nitrogens with one attached hydrogen (secondary N) is 2. The van der Waals surface area contributed by atoms with Crippen LogP contribution < -0.4 is 10.6 Å². The Kier molecular flexibility index (Phi) is 10.4. The summed E-state index contributed by atoms with van der Waals surface area (Å²) in [7, 11) is 4.17. The first kappa shape index (κ1) is 24.9. The molecule has 6 nitrogen and oxygen atoms in total. The van der Waals surface area contributed by atoms with E-state index in [9.17, 15) is 4.79 Å². The topological polar surface area (TPSA) is 60.0 Å². The maximum absolute atomic E-state index is 12.7. The Bertz CT molecular complexity index is 703. The van der Waals surface area contributed by atoms with E-state index < -0.39 is 0 Å². The number of hydrogen-bond donors (Lipinski definition) is 2. The number of nitrogens with zero attached hydrogens (tertiary/aromatic N) is 3. The third-order valence-electron chi connectivity index (χ3n) is 5.80. The first-order chi connectivity index (χ1) is 14.0. The highest BCUT2D eigenvalue weighted by Gasteiger charge is 2.32. The molecule has 1 heterocycles. The predicted octanol–water partition coefficient (Wildman–Crippen LogP) is 3.21. The average molecular weight is 527 g/mol. The van der Waals surface area contributed by atoms with Gasteiger partial charge in [0.05, 0.1) is 6.54 Å². The van der Waals surface area contributed by atoms with Crippen LogP contribution in [-0.4, -0.2) is 61.4 Å². The van der Waals surface area contributed by atoms with E-state index in [0.29, 0.717) is 12.5 Å². The molecule has 168 valence electrons. The van der Waals surface area contributed by atoms with Gasteiger partial charge in [0.25, 0.3) is 0 Å². The molecule has 1 aromatic rings. The second-order valence-electron chi connectivity index (χ2n) is 8.65. The summed E-state index contributed by atoms with van der Waals surface area (Å²) in [6.45, 7) is 6.14. The van der Waals surface area contributed by atoms with Crippen molar-refractivity contribution in [3.63, 3.8) is 0 Å². The minimum Gasteiger partial charge on any atom is -0.357 e. The summed E-state index contributed by atoms with van der Waals surface area (Å²) >= 11 is 0. The van der Waals surface area contributed by atoms with Crippen LogP contribution in [0.15, 0.2) is 29.3 Å². The van der Waals surface area contributed by atoms with Crippen molar-refractivity contribution in [2.75, 3.05) is 33.7 Å². The summed E-state index contributed by atoms with van der Waals surface area (Å²) in [5.41, 5.74) is 2.52. The van der Waals surface area contributed by atoms with Gasteiger partial charge in [-0.15, -0.1) is 24.0 Å². The minimum atomic E-state index is 0. The lowest BCUT2D eigenvalue weighted by atomic mass is 10.1. The zero-order valence-electron chi connectivity index (χ0n) is 18.7. The number of carbonyl (C=O) groups excluding carboxylic acids is 1. The van der Waals surface area contributed by atoms with Gasteiger partial charge in [0.2, 0.25) is 5.91 Å². The van der Waals surface area contributed by atoms with Crippen LogP contribution in [0.25, 0.3) is 0 Å². The van der Waals surface area contributed by atoms with Crippen LogP contribution in [-0.2, 0) is 17.9 Å². The molecular weight excluding hydrogens is 489 g/mol. The van der Waals surface area contributed by atoms with Gasteiger partial charge in [-0.2, -0.15) is 0 Å². The number of rotatable bonds is 7. The molecule has 1 amide bonds. The van der Waals surface area contributed by atoms with Gasteiger partial charge in [0, 0.05) is 38.1 Å². The average Bonchev–Trinajstić information content (AvgIpc) is 3.38. The van der Waals surface area contributed by atoms with Crippen LogP contribution in [0.2, 0.25) is 0 Å². The zero-order chi connectivity index (χ0) is 20.6. The molecule has 3 rings (SSSR count). The molecule has 7 heteroatoms. The van der Waals surface area contributed by atoms with Crippen LogP contribution in [0.5, 0.6) is 0 Å². The second kappa shape index (κ2) is 12.5. The largest absolute Gasteiger partial charge is 0.357 e. The molecular formula is C23H38IN5O. The fourth-order valence-corrected chi connectivity index (χ4v) is 4.38. The van der Waals surface area contributed by atoms with Gasteiger partial charge in [0.1, 0.15) is 0 Å². The van der Waals surface area contributed by atoms with Gasteiger partial charge in [-0.25, -0.2) is 4.99 Å². The molecule has 0 spiro atoms. The molecule has 1 atom stereocenters. The van der Waals surface area contributed by atoms with Crippen molar-refractivity contribution in [3.8, 4) is 0 Å². The Morgan fingerprint density at radius 3 is 2.63 bits per heavy atom. The summed E-state index contributed by atoms with van der Waals surface area (Å²) in [5, 5.41) is 6.90. The summed E-state index contributed by atoms with van der Waals surface area (Å²) in [5.74, 6) is 1.47. The Labute approximate surface area is 198 Å². The quantitative estimate of drug-likeness (QED) is 0.325. The van der Waals surface area contributed by atoms with Crippen molar-refractivity contribution < 1.29 is 4.79 Å². The standard InChI is InChI=1S/C23H37N5O.HI/c1-4-24-23(25-15-18-8-7-9-19(14-18)16-27(2)3)26-21-12-13-28(17-21)22(29)20-10-5-6-11-20;/h7-9,14,20-21H,4-6,10-13,15-17H2,1-3H3,(H2,24,25,26);1H. The molecule has 30 heavy (non-hydrogen) atoms. The molecule has 1 unspecified atom stereocenters. The van der Waals surface area contributed by atoms with E-state index in [4.69, 9.17) is 4.99 Å². The van der Waals surface area contributed by atoms with E-state index in [-0.39, 0.29) is 35.9 Å². The van der Waals surface area contributed by atoms with Crippen molar-refractivity contribution in [3.05, 3.63) is 35.4 Å². The van der Waals surface area contributed by atoms with Crippen LogP contribution in [0, 0.1) is 5.92 Å². The highest BCUT2D eigenvalue weighted by Crippen LogP contribution is 2.27. The molecule has 0 aromatic heterocycles. The summed E-state index contributed by atoms with van der Waals surface area (Å²) in [6, 6.07) is 8.89. The van der Waals surface area contributed by atoms with Crippen LogP contribution in [0.4, 0.5) is 0 Å². The monoisotopic (exact) mass is 527 g/mol. The molecule has 2 fully saturated rings. The van der Waals surface area contributed by atoms with E-state index in [1.807, 2.05) is 0 Å². The normalized spacial score (nSPS) is 19.8. The Balaban J connectivity index is 0.00000320. The number of aliphatic imine (C=N–C) groups is 1. The fourth-order valence-electron chi connectivity index (χ4n) is 4.38. The number of likely N-dealkylation sites (tertiary alicyclic amines) is 1.